The van der Waals surface area contributed by atoms with E-state index in [1.807, 2.05) is 12.1 Å². The number of benzene rings is 1. The maximum Gasteiger partial charge on any atom is 0.308 e. The zero-order valence-corrected chi connectivity index (χ0v) is 7.79. The molecule has 0 saturated heterocycles. The van der Waals surface area contributed by atoms with Crippen molar-refractivity contribution < 1.29 is 4.42 Å². The molecule has 74 valence electrons. The third-order valence-electron chi connectivity index (χ3n) is 2.16. The van der Waals surface area contributed by atoms with Crippen molar-refractivity contribution in [1.82, 2.24) is 14.5 Å². The summed E-state index contributed by atoms with van der Waals surface area (Å²) >= 11 is 0. The Morgan fingerprint density at radius 2 is 2.27 bits per heavy atom. The molecule has 0 amide bonds. The van der Waals surface area contributed by atoms with Gasteiger partial charge in [-0.15, -0.1) is 0 Å². The van der Waals surface area contributed by atoms with Gasteiger partial charge in [-0.1, -0.05) is 6.07 Å². The Morgan fingerprint density at radius 3 is 3.00 bits per heavy atom. The summed E-state index contributed by atoms with van der Waals surface area (Å²) in [4.78, 5) is 8.21. The van der Waals surface area contributed by atoms with Crippen LogP contribution in [0.25, 0.3) is 17.1 Å². The van der Waals surface area contributed by atoms with Crippen molar-refractivity contribution in [3.8, 4) is 6.01 Å². The Labute approximate surface area is 85.2 Å². The van der Waals surface area contributed by atoms with E-state index in [1.165, 1.54) is 0 Å². The average molecular weight is 200 g/mol. The van der Waals surface area contributed by atoms with Gasteiger partial charge in [0.2, 0.25) is 0 Å². The highest BCUT2D eigenvalue weighted by molar-refractivity contribution is 5.85. The van der Waals surface area contributed by atoms with Crippen LogP contribution in [-0.4, -0.2) is 14.5 Å². The van der Waals surface area contributed by atoms with Crippen molar-refractivity contribution in [2.24, 2.45) is 0 Å². The third-order valence-corrected chi connectivity index (χ3v) is 2.16. The zero-order chi connectivity index (χ0) is 10.3. The molecule has 0 bridgehead atoms. The predicted octanol–water partition coefficient (Wildman–Crippen LogP) is 1.60. The fourth-order valence-electron chi connectivity index (χ4n) is 1.44. The van der Waals surface area contributed by atoms with Crippen LogP contribution in [-0.2, 0) is 0 Å². The Kier molecular flexibility index (Phi) is 1.53. The summed E-state index contributed by atoms with van der Waals surface area (Å²) in [6.07, 6.45) is 5.06. The number of aromatic nitrogens is 3. The van der Waals surface area contributed by atoms with Crippen molar-refractivity contribution >= 4 is 16.8 Å². The van der Waals surface area contributed by atoms with Crippen molar-refractivity contribution in [2.75, 3.05) is 5.73 Å². The molecule has 2 N–H and O–H groups in total. The van der Waals surface area contributed by atoms with Crippen LogP contribution in [0.5, 0.6) is 0 Å². The number of oxazole rings is 1. The van der Waals surface area contributed by atoms with Gasteiger partial charge in [-0.05, 0) is 12.1 Å². The molecule has 1 aromatic carbocycles. The van der Waals surface area contributed by atoms with Crippen LogP contribution in [0.2, 0.25) is 0 Å². The summed E-state index contributed by atoms with van der Waals surface area (Å²) in [5.74, 6) is 0. The molecule has 15 heavy (non-hydrogen) atoms. The van der Waals surface area contributed by atoms with E-state index in [9.17, 15) is 0 Å². The first-order valence-corrected chi connectivity index (χ1v) is 4.48. The van der Waals surface area contributed by atoms with Gasteiger partial charge in [0.15, 0.2) is 5.58 Å². The van der Waals surface area contributed by atoms with E-state index < -0.39 is 0 Å². The maximum absolute atomic E-state index is 5.78. The van der Waals surface area contributed by atoms with E-state index in [-0.39, 0.29) is 0 Å². The van der Waals surface area contributed by atoms with Crippen molar-refractivity contribution in [2.45, 2.75) is 0 Å². The normalized spacial score (nSPS) is 10.9. The van der Waals surface area contributed by atoms with Crippen molar-refractivity contribution in [3.05, 3.63) is 36.9 Å². The molecular formula is C10H8N4O. The molecule has 0 spiro atoms. The van der Waals surface area contributed by atoms with E-state index in [2.05, 4.69) is 9.97 Å². The molecule has 0 saturated carbocycles. The monoisotopic (exact) mass is 200 g/mol. The summed E-state index contributed by atoms with van der Waals surface area (Å²) in [5.41, 5.74) is 7.75. The second kappa shape index (κ2) is 2.84. The Bertz CT molecular complexity index is 597. The summed E-state index contributed by atoms with van der Waals surface area (Å²) in [5, 5.41) is 0. The molecule has 2 heterocycles. The van der Waals surface area contributed by atoms with Crippen LogP contribution in [0, 0.1) is 0 Å². The lowest BCUT2D eigenvalue weighted by Crippen LogP contribution is -1.89. The minimum absolute atomic E-state index is 0.473. The first kappa shape index (κ1) is 8.05. The molecule has 0 aliphatic rings. The molecule has 5 nitrogen and oxygen atoms in total. The SMILES string of the molecule is Nc1cccc2oc(-n3ccnc3)nc12. The van der Waals surface area contributed by atoms with Gasteiger partial charge < -0.3 is 10.2 Å². The topological polar surface area (TPSA) is 69.9 Å². The van der Waals surface area contributed by atoms with Gasteiger partial charge in [0.25, 0.3) is 0 Å². The summed E-state index contributed by atoms with van der Waals surface area (Å²) in [6.45, 7) is 0. The average Bonchev–Trinajstić information content (AvgIpc) is 2.86. The van der Waals surface area contributed by atoms with Crippen LogP contribution in [0.4, 0.5) is 5.69 Å². The van der Waals surface area contributed by atoms with Crippen LogP contribution < -0.4 is 5.73 Å². The second-order valence-electron chi connectivity index (χ2n) is 3.16. The summed E-state index contributed by atoms with van der Waals surface area (Å²) < 4.78 is 7.22. The molecular weight excluding hydrogens is 192 g/mol. The molecule has 0 atom stereocenters. The van der Waals surface area contributed by atoms with Crippen LogP contribution in [0.1, 0.15) is 0 Å². The summed E-state index contributed by atoms with van der Waals surface area (Å²) in [7, 11) is 0. The fourth-order valence-corrected chi connectivity index (χ4v) is 1.44. The lowest BCUT2D eigenvalue weighted by molar-refractivity contribution is 0.564. The lowest BCUT2D eigenvalue weighted by atomic mass is 10.3. The number of imidazole rings is 1. The molecule has 2 aromatic heterocycles. The molecule has 0 radical (unpaired) electrons. The largest absolute Gasteiger partial charge is 0.423 e. The van der Waals surface area contributed by atoms with Gasteiger partial charge in [0.1, 0.15) is 11.8 Å². The first-order valence-electron chi connectivity index (χ1n) is 4.48. The molecule has 3 rings (SSSR count). The fraction of sp³-hybridized carbons (Fsp3) is 0. The second-order valence-corrected chi connectivity index (χ2v) is 3.16. The first-order chi connectivity index (χ1) is 7.34. The smallest absolute Gasteiger partial charge is 0.308 e. The van der Waals surface area contributed by atoms with Crippen molar-refractivity contribution in [1.29, 1.82) is 0 Å². The molecule has 0 fully saturated rings. The minimum atomic E-state index is 0.473. The zero-order valence-electron chi connectivity index (χ0n) is 7.79. The van der Waals surface area contributed by atoms with Gasteiger partial charge >= 0.3 is 6.01 Å². The quantitative estimate of drug-likeness (QED) is 0.605. The predicted molar refractivity (Wildman–Crippen MR) is 55.5 cm³/mol. The molecule has 5 heteroatoms. The Morgan fingerprint density at radius 1 is 1.33 bits per heavy atom. The highest BCUT2D eigenvalue weighted by Crippen LogP contribution is 2.22. The number of nitrogen functional groups attached to an aromatic ring is 1. The minimum Gasteiger partial charge on any atom is -0.423 e. The van der Waals surface area contributed by atoms with E-state index in [4.69, 9.17) is 10.2 Å². The van der Waals surface area contributed by atoms with Crippen molar-refractivity contribution in [3.63, 3.8) is 0 Å². The highest BCUT2D eigenvalue weighted by Gasteiger charge is 2.08. The third kappa shape index (κ3) is 1.17. The van der Waals surface area contributed by atoms with Crippen LogP contribution in [0.3, 0.4) is 0 Å². The molecule has 0 unspecified atom stereocenters. The Balaban J connectivity index is 2.27. The van der Waals surface area contributed by atoms with Gasteiger partial charge in [0.05, 0.1) is 5.69 Å². The van der Waals surface area contributed by atoms with Gasteiger partial charge in [0, 0.05) is 12.4 Å². The van der Waals surface area contributed by atoms with E-state index in [0.29, 0.717) is 22.8 Å². The van der Waals surface area contributed by atoms with Crippen LogP contribution in [0.15, 0.2) is 41.3 Å². The molecule has 0 aliphatic carbocycles. The number of rotatable bonds is 1. The number of hydrogen-bond acceptors (Lipinski definition) is 4. The molecule has 3 aromatic rings. The van der Waals surface area contributed by atoms with E-state index in [1.54, 1.807) is 29.4 Å². The van der Waals surface area contributed by atoms with Gasteiger partial charge in [-0.3, -0.25) is 4.57 Å². The number of nitrogens with two attached hydrogens (primary N) is 1. The summed E-state index contributed by atoms with van der Waals surface area (Å²) in [6, 6.07) is 5.93. The standard InChI is InChI=1S/C10H8N4O/c11-7-2-1-3-8-9(7)13-10(15-8)14-5-4-12-6-14/h1-6H,11H2. The van der Waals surface area contributed by atoms with E-state index >= 15 is 0 Å². The van der Waals surface area contributed by atoms with Crippen LogP contribution >= 0.6 is 0 Å². The highest BCUT2D eigenvalue weighted by atomic mass is 16.4. The number of anilines is 1. The molecule has 0 aliphatic heterocycles. The number of hydrogen-bond donors (Lipinski definition) is 1. The Hall–Kier alpha value is -2.30. The maximum atomic E-state index is 5.78. The number of fused-ring (bicyclic) bond motifs is 1. The number of nitrogens with zero attached hydrogens (tertiary/aromatic N) is 3. The van der Waals surface area contributed by atoms with E-state index in [0.717, 1.165) is 0 Å². The number of para-hydroxylation sites is 1. The van der Waals surface area contributed by atoms with Gasteiger partial charge in [-0.25, -0.2) is 4.98 Å². The van der Waals surface area contributed by atoms with Gasteiger partial charge in [-0.2, -0.15) is 4.98 Å². The lowest BCUT2D eigenvalue weighted by Gasteiger charge is -1.89.